The Morgan fingerprint density at radius 3 is 2.68 bits per heavy atom. The van der Waals surface area contributed by atoms with Gasteiger partial charge in [-0.25, -0.2) is 14.5 Å². The third-order valence-electron chi connectivity index (χ3n) is 4.73. The number of anilines is 2. The number of nitrogen functional groups attached to an aromatic ring is 1. The summed E-state index contributed by atoms with van der Waals surface area (Å²) < 4.78 is 5.04. The average Bonchev–Trinajstić information content (AvgIpc) is 3.04. The van der Waals surface area contributed by atoms with Crippen molar-refractivity contribution in [3.8, 4) is 0 Å². The smallest absolute Gasteiger partial charge is 0.329 e. The van der Waals surface area contributed by atoms with Crippen molar-refractivity contribution in [2.75, 3.05) is 11.1 Å². The van der Waals surface area contributed by atoms with E-state index in [0.29, 0.717) is 22.2 Å². The maximum Gasteiger partial charge on any atom is 0.329 e. The Morgan fingerprint density at radius 1 is 1.21 bits per heavy atom. The van der Waals surface area contributed by atoms with Gasteiger partial charge in [0.05, 0.1) is 11.3 Å². The Kier molecular flexibility index (Phi) is 4.19. The lowest BCUT2D eigenvalue weighted by atomic mass is 9.82. The zero-order chi connectivity index (χ0) is 19.8. The van der Waals surface area contributed by atoms with Crippen LogP contribution in [0.25, 0.3) is 11.0 Å². The number of benzene rings is 2. The first-order chi connectivity index (χ1) is 13.5. The number of hydrogen-bond acceptors (Lipinski definition) is 6. The monoisotopic (exact) mass is 380 g/mol. The molecule has 1 aliphatic heterocycles. The van der Waals surface area contributed by atoms with Crippen molar-refractivity contribution in [1.82, 2.24) is 10.1 Å². The summed E-state index contributed by atoms with van der Waals surface area (Å²) in [5.41, 5.74) is 7.41. The lowest BCUT2D eigenvalue weighted by molar-refractivity contribution is -0.165. The number of carbonyl (C=O) groups is 3. The molecule has 1 saturated heterocycles. The van der Waals surface area contributed by atoms with E-state index in [2.05, 4.69) is 10.5 Å². The summed E-state index contributed by atoms with van der Waals surface area (Å²) in [6, 6.07) is 11.6. The molecular weight excluding hydrogens is 364 g/mol. The number of amides is 3. The minimum Gasteiger partial charge on any atom is -0.480 e. The number of rotatable bonds is 4. The zero-order valence-electron chi connectivity index (χ0n) is 14.5. The van der Waals surface area contributed by atoms with Gasteiger partial charge >= 0.3 is 12.0 Å². The fourth-order valence-corrected chi connectivity index (χ4v) is 3.35. The summed E-state index contributed by atoms with van der Waals surface area (Å²) in [7, 11) is 0. The van der Waals surface area contributed by atoms with Crippen molar-refractivity contribution in [2.45, 2.75) is 12.5 Å². The van der Waals surface area contributed by atoms with Crippen molar-refractivity contribution < 1.29 is 24.0 Å². The number of hydrogen-bond donors (Lipinski definition) is 3. The molecule has 4 N–H and O–H groups in total. The van der Waals surface area contributed by atoms with Gasteiger partial charge in [-0.05, 0) is 36.2 Å². The number of urea groups is 1. The molecule has 0 aliphatic carbocycles. The molecule has 3 amide bonds. The van der Waals surface area contributed by atoms with E-state index in [0.717, 1.165) is 4.90 Å². The molecule has 3 aromatic rings. The lowest BCUT2D eigenvalue weighted by Crippen LogP contribution is -2.67. The van der Waals surface area contributed by atoms with Crippen LogP contribution in [0.1, 0.15) is 5.56 Å². The third-order valence-corrected chi connectivity index (χ3v) is 4.73. The molecule has 142 valence electrons. The summed E-state index contributed by atoms with van der Waals surface area (Å²) in [5, 5.41) is 16.3. The van der Waals surface area contributed by atoms with Crippen LogP contribution in [0.2, 0.25) is 0 Å². The van der Waals surface area contributed by atoms with Crippen LogP contribution < -0.4 is 11.1 Å². The molecule has 0 spiro atoms. The van der Waals surface area contributed by atoms with Gasteiger partial charge in [0, 0.05) is 5.69 Å². The number of nitrogens with zero attached hydrogens (tertiary/aromatic N) is 2. The van der Waals surface area contributed by atoms with Crippen LogP contribution >= 0.6 is 0 Å². The van der Waals surface area contributed by atoms with Gasteiger partial charge in [-0.3, -0.25) is 4.79 Å². The van der Waals surface area contributed by atoms with Crippen LogP contribution in [0, 0.1) is 5.92 Å². The topological polar surface area (TPSA) is 139 Å². The molecule has 0 radical (unpaired) electrons. The number of carboxylic acids is 1. The Bertz CT molecular complexity index is 1080. The quantitative estimate of drug-likeness (QED) is 0.589. The number of β-lactam (4-membered cyclic amide) rings is 1. The molecule has 0 bridgehead atoms. The fraction of sp³-hybridized carbons (Fsp3) is 0.158. The molecule has 4 rings (SSSR count). The van der Waals surface area contributed by atoms with Crippen LogP contribution in [0.3, 0.4) is 0 Å². The highest BCUT2D eigenvalue weighted by atomic mass is 16.5. The van der Waals surface area contributed by atoms with E-state index in [1.165, 1.54) is 0 Å². The largest absolute Gasteiger partial charge is 0.480 e. The number of nitrogens with two attached hydrogens (primary N) is 1. The van der Waals surface area contributed by atoms with Gasteiger partial charge in [0.1, 0.15) is 0 Å². The first-order valence-electron chi connectivity index (χ1n) is 8.51. The SMILES string of the molecule is Nc1noc2ccc(C[C@H]3C(=O)N(C(=O)Nc4ccccc4)[C@@H]3C(=O)O)cc12. The maximum atomic E-state index is 12.5. The number of nitrogens with one attached hydrogen (secondary N) is 1. The molecule has 1 aliphatic rings. The molecule has 2 aromatic carbocycles. The second kappa shape index (κ2) is 6.69. The van der Waals surface area contributed by atoms with Crippen LogP contribution in [-0.2, 0) is 16.0 Å². The first-order valence-corrected chi connectivity index (χ1v) is 8.51. The Labute approximate surface area is 158 Å². The predicted octanol–water partition coefficient (Wildman–Crippen LogP) is 2.10. The van der Waals surface area contributed by atoms with Crippen molar-refractivity contribution in [3.05, 3.63) is 54.1 Å². The van der Waals surface area contributed by atoms with Gasteiger partial charge in [-0.1, -0.05) is 29.4 Å². The molecule has 0 unspecified atom stereocenters. The van der Waals surface area contributed by atoms with Crippen LogP contribution in [-0.4, -0.2) is 39.1 Å². The molecule has 2 heterocycles. The van der Waals surface area contributed by atoms with Crippen LogP contribution in [0.4, 0.5) is 16.3 Å². The molecule has 2 atom stereocenters. The van der Waals surface area contributed by atoms with Gasteiger partial charge in [-0.15, -0.1) is 0 Å². The number of imide groups is 1. The third kappa shape index (κ3) is 2.92. The molecule has 1 aromatic heterocycles. The minimum absolute atomic E-state index is 0.158. The normalized spacial score (nSPS) is 18.7. The molecule has 0 saturated carbocycles. The summed E-state index contributed by atoms with van der Waals surface area (Å²) >= 11 is 0. The van der Waals surface area contributed by atoms with Crippen molar-refractivity contribution in [3.63, 3.8) is 0 Å². The van der Waals surface area contributed by atoms with E-state index in [-0.39, 0.29) is 12.2 Å². The molecule has 1 fully saturated rings. The highest BCUT2D eigenvalue weighted by Crippen LogP contribution is 2.32. The lowest BCUT2D eigenvalue weighted by Gasteiger charge is -2.42. The van der Waals surface area contributed by atoms with Crippen LogP contribution in [0.5, 0.6) is 0 Å². The summed E-state index contributed by atoms with van der Waals surface area (Å²) in [5.74, 6) is -2.41. The number of carbonyl (C=O) groups excluding carboxylic acids is 2. The number of aliphatic carboxylic acids is 1. The van der Waals surface area contributed by atoms with Crippen molar-refractivity contribution in [2.24, 2.45) is 5.92 Å². The second-order valence-electron chi connectivity index (χ2n) is 6.50. The minimum atomic E-state index is -1.24. The summed E-state index contributed by atoms with van der Waals surface area (Å²) in [4.78, 5) is 37.4. The molecule has 9 heteroatoms. The zero-order valence-corrected chi connectivity index (χ0v) is 14.5. The van der Waals surface area contributed by atoms with Crippen LogP contribution in [0.15, 0.2) is 53.1 Å². The Hall–Kier alpha value is -3.88. The van der Waals surface area contributed by atoms with Gasteiger partial charge in [0.25, 0.3) is 0 Å². The number of para-hydroxylation sites is 1. The molecule has 28 heavy (non-hydrogen) atoms. The molecule has 9 nitrogen and oxygen atoms in total. The number of likely N-dealkylation sites (tertiary alicyclic amines) is 1. The van der Waals surface area contributed by atoms with E-state index in [4.69, 9.17) is 10.3 Å². The fourth-order valence-electron chi connectivity index (χ4n) is 3.35. The summed E-state index contributed by atoms with van der Waals surface area (Å²) in [6.07, 6.45) is 0.158. The number of aromatic nitrogens is 1. The number of fused-ring (bicyclic) bond motifs is 1. The highest BCUT2D eigenvalue weighted by molar-refractivity contribution is 6.11. The number of carboxylic acid groups (broad SMARTS) is 1. The average molecular weight is 380 g/mol. The van der Waals surface area contributed by atoms with E-state index >= 15 is 0 Å². The van der Waals surface area contributed by atoms with Gasteiger partial charge < -0.3 is 20.7 Å². The van der Waals surface area contributed by atoms with Crippen molar-refractivity contribution in [1.29, 1.82) is 0 Å². The maximum absolute atomic E-state index is 12.5. The molecular formula is C19H16N4O5. The summed E-state index contributed by atoms with van der Waals surface area (Å²) in [6.45, 7) is 0. The predicted molar refractivity (Wildman–Crippen MR) is 99.3 cm³/mol. The standard InChI is InChI=1S/C19H16N4O5/c20-16-12-8-10(6-7-14(12)28-22-16)9-13-15(18(25)26)23(17(13)24)19(27)21-11-4-2-1-3-5-11/h1-8,13,15H,9H2,(H2,20,22)(H,21,27)(H,25,26)/t13-,15+/m1/s1. The van der Waals surface area contributed by atoms with Crippen molar-refractivity contribution >= 4 is 40.4 Å². The second-order valence-corrected chi connectivity index (χ2v) is 6.50. The highest BCUT2D eigenvalue weighted by Gasteiger charge is 2.54. The first kappa shape index (κ1) is 17.5. The van der Waals surface area contributed by atoms with E-state index in [1.54, 1.807) is 48.5 Å². The van der Waals surface area contributed by atoms with E-state index < -0.39 is 29.9 Å². The Balaban J connectivity index is 1.53. The van der Waals surface area contributed by atoms with Gasteiger partial charge in [0.2, 0.25) is 5.91 Å². The van der Waals surface area contributed by atoms with Gasteiger partial charge in [0.15, 0.2) is 17.4 Å². The van der Waals surface area contributed by atoms with Gasteiger partial charge in [-0.2, -0.15) is 0 Å². The van der Waals surface area contributed by atoms with E-state index in [1.807, 2.05) is 0 Å². The Morgan fingerprint density at radius 2 is 1.96 bits per heavy atom. The van der Waals surface area contributed by atoms with E-state index in [9.17, 15) is 19.5 Å².